The molecule has 19 heavy (non-hydrogen) atoms. The van der Waals surface area contributed by atoms with Gasteiger partial charge in [0.2, 0.25) is 0 Å². The molecule has 0 amide bonds. The molecule has 0 heterocycles. The third kappa shape index (κ3) is 8.56. The molecule has 0 N–H and O–H groups in total. The Kier molecular flexibility index (Phi) is 8.79. The van der Waals surface area contributed by atoms with Crippen molar-refractivity contribution < 1.29 is 9.53 Å². The highest BCUT2D eigenvalue weighted by molar-refractivity contribution is 9.11. The van der Waals surface area contributed by atoms with Gasteiger partial charge in [-0.05, 0) is 57.4 Å². The highest BCUT2D eigenvalue weighted by atomic mass is 79.9. The van der Waals surface area contributed by atoms with Crippen LogP contribution in [-0.4, -0.2) is 19.0 Å². The minimum absolute atomic E-state index is 0.0417. The van der Waals surface area contributed by atoms with Crippen LogP contribution in [0.25, 0.3) is 0 Å². The lowest BCUT2D eigenvalue weighted by atomic mass is 10.1. The Balaban J connectivity index is 0.000000459. The van der Waals surface area contributed by atoms with Crippen molar-refractivity contribution in [2.75, 3.05) is 7.11 Å². The van der Waals surface area contributed by atoms with Crippen LogP contribution in [-0.2, 0) is 16.0 Å². The van der Waals surface area contributed by atoms with Crippen molar-refractivity contribution in [3.8, 4) is 0 Å². The molecule has 0 radical (unpaired) electrons. The zero-order valence-corrected chi connectivity index (χ0v) is 15.4. The van der Waals surface area contributed by atoms with Crippen LogP contribution in [0.15, 0.2) is 21.1 Å². The summed E-state index contributed by atoms with van der Waals surface area (Å²) in [7, 11) is 1.71. The predicted molar refractivity (Wildman–Crippen MR) is 87.7 cm³/mol. The maximum Gasteiger partial charge on any atom is 0.120 e. The SMILES string of the molecule is COC(C)(C)C.Cc1cc(Br)c(CCC=O)c(Br)c1. The lowest BCUT2D eigenvalue weighted by Gasteiger charge is -2.14. The number of carbonyl (C=O) groups excluding carboxylic acids is 1. The second-order valence-electron chi connectivity index (χ2n) is 5.23. The monoisotopic (exact) mass is 392 g/mol. The number of ether oxygens (including phenoxy) is 1. The van der Waals surface area contributed by atoms with E-state index in [2.05, 4.69) is 44.0 Å². The third-order valence-electron chi connectivity index (χ3n) is 2.41. The van der Waals surface area contributed by atoms with Crippen molar-refractivity contribution in [1.82, 2.24) is 0 Å². The standard InChI is InChI=1S/C10H10Br2O.C5H12O/c1-7-5-9(11)8(3-2-4-13)10(12)6-7;1-5(2,3)6-4/h4-6H,2-3H2,1H3;1-4H3. The molecule has 0 unspecified atom stereocenters. The van der Waals surface area contributed by atoms with E-state index < -0.39 is 0 Å². The number of aldehydes is 1. The van der Waals surface area contributed by atoms with Gasteiger partial charge < -0.3 is 9.53 Å². The van der Waals surface area contributed by atoms with E-state index in [9.17, 15) is 4.79 Å². The van der Waals surface area contributed by atoms with E-state index in [1.54, 1.807) is 7.11 Å². The first-order chi connectivity index (χ1) is 8.71. The molecule has 0 saturated carbocycles. The molecule has 0 spiro atoms. The molecule has 0 aliphatic carbocycles. The third-order valence-corrected chi connectivity index (χ3v) is 3.83. The molecule has 1 rings (SSSR count). The summed E-state index contributed by atoms with van der Waals surface area (Å²) in [6, 6.07) is 4.12. The van der Waals surface area contributed by atoms with Gasteiger partial charge in [0, 0.05) is 22.5 Å². The fraction of sp³-hybridized carbons (Fsp3) is 0.533. The summed E-state index contributed by atoms with van der Waals surface area (Å²) in [6.07, 6.45) is 2.30. The summed E-state index contributed by atoms with van der Waals surface area (Å²) in [6.45, 7) is 8.10. The molecule has 0 fully saturated rings. The highest BCUT2D eigenvalue weighted by Gasteiger charge is 2.05. The van der Waals surface area contributed by atoms with Gasteiger partial charge in [-0.3, -0.25) is 0 Å². The zero-order chi connectivity index (χ0) is 15.1. The molecule has 0 atom stereocenters. The molecule has 0 aliphatic heterocycles. The molecular weight excluding hydrogens is 372 g/mol. The fourth-order valence-corrected chi connectivity index (χ4v) is 2.98. The van der Waals surface area contributed by atoms with Gasteiger partial charge in [-0.1, -0.05) is 31.9 Å². The zero-order valence-electron chi connectivity index (χ0n) is 12.2. The molecule has 2 nitrogen and oxygen atoms in total. The van der Waals surface area contributed by atoms with E-state index >= 15 is 0 Å². The molecule has 4 heteroatoms. The average Bonchev–Trinajstić information content (AvgIpc) is 2.27. The van der Waals surface area contributed by atoms with Crippen molar-refractivity contribution in [3.63, 3.8) is 0 Å². The summed E-state index contributed by atoms with van der Waals surface area (Å²) in [5.74, 6) is 0. The lowest BCUT2D eigenvalue weighted by Crippen LogP contribution is -2.15. The normalized spacial score (nSPS) is 10.7. The van der Waals surface area contributed by atoms with Gasteiger partial charge in [0.25, 0.3) is 0 Å². The smallest absolute Gasteiger partial charge is 0.120 e. The minimum Gasteiger partial charge on any atom is -0.379 e. The molecule has 1 aromatic carbocycles. The number of hydrogen-bond donors (Lipinski definition) is 0. The summed E-state index contributed by atoms with van der Waals surface area (Å²) < 4.78 is 7.08. The highest BCUT2D eigenvalue weighted by Crippen LogP contribution is 2.27. The molecule has 0 aromatic heterocycles. The van der Waals surface area contributed by atoms with Gasteiger partial charge in [-0.15, -0.1) is 0 Å². The van der Waals surface area contributed by atoms with E-state index in [4.69, 9.17) is 4.74 Å². The van der Waals surface area contributed by atoms with Crippen LogP contribution in [0.1, 0.15) is 38.3 Å². The Hall–Kier alpha value is -0.190. The Labute approximate surface area is 133 Å². The topological polar surface area (TPSA) is 26.3 Å². The van der Waals surface area contributed by atoms with E-state index in [-0.39, 0.29) is 5.60 Å². The first-order valence-corrected chi connectivity index (χ1v) is 7.73. The van der Waals surface area contributed by atoms with E-state index in [1.807, 2.05) is 27.7 Å². The van der Waals surface area contributed by atoms with E-state index in [0.717, 1.165) is 27.2 Å². The van der Waals surface area contributed by atoms with Crippen molar-refractivity contribution in [1.29, 1.82) is 0 Å². The van der Waals surface area contributed by atoms with Crippen LogP contribution >= 0.6 is 31.9 Å². The second-order valence-corrected chi connectivity index (χ2v) is 6.94. The van der Waals surface area contributed by atoms with Crippen LogP contribution in [0.3, 0.4) is 0 Å². The molecular formula is C15H22Br2O2. The number of carbonyl (C=O) groups is 1. The molecule has 1 aromatic rings. The molecule has 0 bridgehead atoms. The van der Waals surface area contributed by atoms with Crippen LogP contribution < -0.4 is 0 Å². The summed E-state index contributed by atoms with van der Waals surface area (Å²) >= 11 is 6.96. The van der Waals surface area contributed by atoms with Crippen LogP contribution in [0, 0.1) is 6.92 Å². The molecule has 0 aliphatic rings. The quantitative estimate of drug-likeness (QED) is 0.669. The van der Waals surface area contributed by atoms with E-state index in [1.165, 1.54) is 5.56 Å². The number of methoxy groups -OCH3 is 1. The Morgan fingerprint density at radius 3 is 1.95 bits per heavy atom. The van der Waals surface area contributed by atoms with Crippen molar-refractivity contribution in [2.24, 2.45) is 0 Å². The number of aryl methyl sites for hydroxylation is 1. The van der Waals surface area contributed by atoms with Crippen molar-refractivity contribution >= 4 is 38.1 Å². The van der Waals surface area contributed by atoms with Crippen LogP contribution in [0.4, 0.5) is 0 Å². The Bertz CT molecular complexity index is 386. The Morgan fingerprint density at radius 2 is 1.63 bits per heavy atom. The largest absolute Gasteiger partial charge is 0.379 e. The molecule has 108 valence electrons. The maximum absolute atomic E-state index is 10.2. The van der Waals surface area contributed by atoms with Crippen LogP contribution in [0.5, 0.6) is 0 Å². The Morgan fingerprint density at radius 1 is 1.21 bits per heavy atom. The fourth-order valence-electron chi connectivity index (χ4n) is 1.17. The van der Waals surface area contributed by atoms with Gasteiger partial charge >= 0.3 is 0 Å². The number of halogens is 2. The van der Waals surface area contributed by atoms with Crippen LogP contribution in [0.2, 0.25) is 0 Å². The van der Waals surface area contributed by atoms with Gasteiger partial charge in [0.05, 0.1) is 5.60 Å². The van der Waals surface area contributed by atoms with Gasteiger partial charge in [-0.25, -0.2) is 0 Å². The van der Waals surface area contributed by atoms with Crippen molar-refractivity contribution in [2.45, 2.75) is 46.1 Å². The summed E-state index contributed by atoms with van der Waals surface area (Å²) in [5, 5.41) is 0. The van der Waals surface area contributed by atoms with Gasteiger partial charge in [-0.2, -0.15) is 0 Å². The molecule has 0 saturated heterocycles. The summed E-state index contributed by atoms with van der Waals surface area (Å²) in [4.78, 5) is 10.2. The lowest BCUT2D eigenvalue weighted by molar-refractivity contribution is -0.107. The predicted octanol–water partition coefficient (Wildman–Crippen LogP) is 5.08. The minimum atomic E-state index is 0.0417. The first kappa shape index (κ1) is 18.8. The second kappa shape index (κ2) is 8.88. The number of benzene rings is 1. The van der Waals surface area contributed by atoms with Crippen molar-refractivity contribution in [3.05, 3.63) is 32.2 Å². The summed E-state index contributed by atoms with van der Waals surface area (Å²) in [5.41, 5.74) is 2.41. The van der Waals surface area contributed by atoms with Gasteiger partial charge in [0.1, 0.15) is 6.29 Å². The maximum atomic E-state index is 10.2. The first-order valence-electron chi connectivity index (χ1n) is 6.14. The number of hydrogen-bond acceptors (Lipinski definition) is 2. The van der Waals surface area contributed by atoms with E-state index in [0.29, 0.717) is 6.42 Å². The van der Waals surface area contributed by atoms with Gasteiger partial charge in [0.15, 0.2) is 0 Å². The average molecular weight is 394 g/mol. The number of rotatable bonds is 3.